The van der Waals surface area contributed by atoms with Crippen molar-refractivity contribution >= 4 is 23.1 Å². The number of anilines is 2. The van der Waals surface area contributed by atoms with Crippen LogP contribution in [0.4, 0.5) is 11.4 Å². The fourth-order valence-electron chi connectivity index (χ4n) is 5.89. The summed E-state index contributed by atoms with van der Waals surface area (Å²) in [6, 6.07) is 19.8. The van der Waals surface area contributed by atoms with Gasteiger partial charge in [0.1, 0.15) is 5.75 Å². The van der Waals surface area contributed by atoms with E-state index in [9.17, 15) is 9.59 Å². The first-order valence-corrected chi connectivity index (χ1v) is 13.9. The molecule has 2 N–H and O–H groups in total. The highest BCUT2D eigenvalue weighted by molar-refractivity contribution is 6.10. The average molecular weight is 537 g/mol. The number of Topliss-reactive ketones (excluding diaryl/α,β-unsaturated/α-hetero) is 1. The number of allylic oxidation sites excluding steroid dienone is 3. The lowest BCUT2D eigenvalue weighted by Gasteiger charge is -2.37. The zero-order valence-corrected chi connectivity index (χ0v) is 23.5. The molecule has 5 rings (SSSR count). The SMILES string of the molecule is CCN(CC)c1ccc(C2C(C(=O)Nc3cccnc3)=C(C)NC3=C2C(=O)CC(c2ccc(OC)cc2)C3)cc1. The number of pyridine rings is 1. The number of aromatic nitrogens is 1. The van der Waals surface area contributed by atoms with E-state index in [4.69, 9.17) is 4.74 Å². The van der Waals surface area contributed by atoms with E-state index < -0.39 is 5.92 Å². The Morgan fingerprint density at radius 2 is 1.73 bits per heavy atom. The van der Waals surface area contributed by atoms with E-state index in [-0.39, 0.29) is 17.6 Å². The third-order valence-electron chi connectivity index (χ3n) is 7.93. The third kappa shape index (κ3) is 5.37. The van der Waals surface area contributed by atoms with Crippen LogP contribution < -0.4 is 20.3 Å². The van der Waals surface area contributed by atoms with Crippen LogP contribution in [0.5, 0.6) is 5.75 Å². The van der Waals surface area contributed by atoms with Crippen LogP contribution in [-0.4, -0.2) is 36.9 Å². The highest BCUT2D eigenvalue weighted by atomic mass is 16.5. The monoisotopic (exact) mass is 536 g/mol. The third-order valence-corrected chi connectivity index (χ3v) is 7.93. The molecule has 2 heterocycles. The van der Waals surface area contributed by atoms with Crippen molar-refractivity contribution in [2.24, 2.45) is 0 Å². The predicted octanol–water partition coefficient (Wildman–Crippen LogP) is 5.94. The van der Waals surface area contributed by atoms with E-state index in [0.29, 0.717) is 29.7 Å². The standard InChI is InChI=1S/C33H36N4O3/c1-5-37(6-2)26-13-9-23(10-14-26)31-30(33(39)36-25-8-7-17-34-20-25)21(3)35-28-18-24(19-29(38)32(28)31)22-11-15-27(40-4)16-12-22/h7-17,20,24,31,35H,5-6,18-19H2,1-4H3,(H,36,39). The van der Waals surface area contributed by atoms with Crippen molar-refractivity contribution in [3.63, 3.8) is 0 Å². The topological polar surface area (TPSA) is 83.6 Å². The first-order valence-electron chi connectivity index (χ1n) is 13.9. The van der Waals surface area contributed by atoms with Gasteiger partial charge in [-0.05, 0) is 80.6 Å². The number of nitrogens with one attached hydrogen (secondary N) is 2. The molecule has 206 valence electrons. The number of ketones is 1. The maximum absolute atomic E-state index is 13.9. The van der Waals surface area contributed by atoms with Crippen molar-refractivity contribution in [1.29, 1.82) is 0 Å². The highest BCUT2D eigenvalue weighted by Gasteiger charge is 2.41. The van der Waals surface area contributed by atoms with Crippen LogP contribution >= 0.6 is 0 Å². The number of nitrogens with zero attached hydrogens (tertiary/aromatic N) is 2. The van der Waals surface area contributed by atoms with Crippen LogP contribution in [0.25, 0.3) is 0 Å². The number of rotatable bonds is 8. The molecule has 0 spiro atoms. The first kappa shape index (κ1) is 27.2. The summed E-state index contributed by atoms with van der Waals surface area (Å²) in [5, 5.41) is 6.46. The molecule has 40 heavy (non-hydrogen) atoms. The van der Waals surface area contributed by atoms with E-state index in [1.54, 1.807) is 31.6 Å². The second kappa shape index (κ2) is 11.8. The van der Waals surface area contributed by atoms with Gasteiger partial charge in [0.05, 0.1) is 19.0 Å². The molecular formula is C33H36N4O3. The molecule has 7 nitrogen and oxygen atoms in total. The molecule has 2 aliphatic rings. The summed E-state index contributed by atoms with van der Waals surface area (Å²) in [7, 11) is 1.65. The Labute approximate surface area is 236 Å². The fourth-order valence-corrected chi connectivity index (χ4v) is 5.89. The average Bonchev–Trinajstić information content (AvgIpc) is 2.98. The van der Waals surface area contributed by atoms with Crippen molar-refractivity contribution in [3.05, 3.63) is 107 Å². The minimum atomic E-state index is -0.469. The second-order valence-corrected chi connectivity index (χ2v) is 10.3. The Hall–Kier alpha value is -4.39. The van der Waals surface area contributed by atoms with Crippen molar-refractivity contribution in [3.8, 4) is 5.75 Å². The maximum Gasteiger partial charge on any atom is 0.254 e. The van der Waals surface area contributed by atoms with Crippen molar-refractivity contribution in [2.75, 3.05) is 30.4 Å². The van der Waals surface area contributed by atoms with Gasteiger partial charge in [0.25, 0.3) is 5.91 Å². The van der Waals surface area contributed by atoms with Crippen LogP contribution in [-0.2, 0) is 9.59 Å². The van der Waals surface area contributed by atoms with E-state index in [2.05, 4.69) is 58.6 Å². The summed E-state index contributed by atoms with van der Waals surface area (Å²) in [6.45, 7) is 7.99. The molecule has 1 amide bonds. The molecule has 2 aromatic carbocycles. The summed E-state index contributed by atoms with van der Waals surface area (Å²) >= 11 is 0. The Morgan fingerprint density at radius 3 is 2.35 bits per heavy atom. The summed E-state index contributed by atoms with van der Waals surface area (Å²) in [5.41, 5.74) is 6.63. The predicted molar refractivity (Wildman–Crippen MR) is 158 cm³/mol. The Kier molecular flexibility index (Phi) is 8.01. The van der Waals surface area contributed by atoms with Gasteiger partial charge < -0.3 is 20.3 Å². The van der Waals surface area contributed by atoms with E-state index >= 15 is 0 Å². The number of benzene rings is 2. The molecule has 2 unspecified atom stereocenters. The summed E-state index contributed by atoms with van der Waals surface area (Å²) in [6.07, 6.45) is 4.36. The number of amides is 1. The second-order valence-electron chi connectivity index (χ2n) is 10.3. The number of carbonyl (C=O) groups excluding carboxylic acids is 2. The summed E-state index contributed by atoms with van der Waals surface area (Å²) in [5.74, 6) is 0.189. The normalized spacial score (nSPS) is 18.6. The van der Waals surface area contributed by atoms with E-state index in [1.807, 2.05) is 31.2 Å². The zero-order valence-electron chi connectivity index (χ0n) is 23.5. The minimum absolute atomic E-state index is 0.0499. The number of hydrogen-bond donors (Lipinski definition) is 2. The number of ether oxygens (including phenoxy) is 1. The molecule has 3 aromatic rings. The largest absolute Gasteiger partial charge is 0.497 e. The van der Waals surface area contributed by atoms with Crippen molar-refractivity contribution in [2.45, 2.75) is 45.4 Å². The maximum atomic E-state index is 13.9. The smallest absolute Gasteiger partial charge is 0.254 e. The number of carbonyl (C=O) groups is 2. The molecule has 0 fully saturated rings. The summed E-state index contributed by atoms with van der Waals surface area (Å²) < 4.78 is 5.32. The quantitative estimate of drug-likeness (QED) is 0.371. The van der Waals surface area contributed by atoms with Crippen LogP contribution in [0.3, 0.4) is 0 Å². The highest BCUT2D eigenvalue weighted by Crippen LogP contribution is 2.46. The van der Waals surface area contributed by atoms with Gasteiger partial charge in [-0.15, -0.1) is 0 Å². The van der Waals surface area contributed by atoms with Crippen LogP contribution in [0, 0.1) is 0 Å². The Bertz CT molecular complexity index is 1440. The molecule has 0 radical (unpaired) electrons. The van der Waals surface area contributed by atoms with E-state index in [1.165, 1.54) is 0 Å². The lowest BCUT2D eigenvalue weighted by molar-refractivity contribution is -0.116. The fraction of sp³-hybridized carbons (Fsp3) is 0.303. The van der Waals surface area contributed by atoms with Gasteiger partial charge in [0.2, 0.25) is 0 Å². The van der Waals surface area contributed by atoms with Gasteiger partial charge in [-0.3, -0.25) is 14.6 Å². The molecule has 2 atom stereocenters. The number of methoxy groups -OCH3 is 1. The van der Waals surface area contributed by atoms with Gasteiger partial charge in [-0.1, -0.05) is 24.3 Å². The van der Waals surface area contributed by atoms with Gasteiger partial charge in [-0.25, -0.2) is 0 Å². The molecule has 1 aliphatic heterocycles. The molecule has 7 heteroatoms. The van der Waals surface area contributed by atoms with E-state index in [0.717, 1.165) is 47.0 Å². The van der Waals surface area contributed by atoms with Crippen LogP contribution in [0.15, 0.2) is 95.6 Å². The molecule has 1 aromatic heterocycles. The molecule has 0 saturated heterocycles. The Balaban J connectivity index is 1.54. The Morgan fingerprint density at radius 1 is 1.02 bits per heavy atom. The molecule has 0 bridgehead atoms. The zero-order chi connectivity index (χ0) is 28.2. The first-order chi connectivity index (χ1) is 19.4. The van der Waals surface area contributed by atoms with Crippen LogP contribution in [0.2, 0.25) is 0 Å². The van der Waals surface area contributed by atoms with Crippen molar-refractivity contribution in [1.82, 2.24) is 10.3 Å². The number of hydrogen-bond acceptors (Lipinski definition) is 6. The van der Waals surface area contributed by atoms with Gasteiger partial charge >= 0.3 is 0 Å². The van der Waals surface area contributed by atoms with Crippen molar-refractivity contribution < 1.29 is 14.3 Å². The summed E-state index contributed by atoms with van der Waals surface area (Å²) in [4.78, 5) is 34.1. The lowest BCUT2D eigenvalue weighted by atomic mass is 9.71. The minimum Gasteiger partial charge on any atom is -0.497 e. The molecule has 1 aliphatic carbocycles. The molecular weight excluding hydrogens is 500 g/mol. The van der Waals surface area contributed by atoms with Gasteiger partial charge in [0.15, 0.2) is 5.78 Å². The van der Waals surface area contributed by atoms with Crippen LogP contribution in [0.1, 0.15) is 56.6 Å². The molecule has 0 saturated carbocycles. The van der Waals surface area contributed by atoms with Gasteiger partial charge in [-0.2, -0.15) is 0 Å². The number of dihydropyridines is 1. The lowest BCUT2D eigenvalue weighted by Crippen LogP contribution is -2.37. The van der Waals surface area contributed by atoms with Gasteiger partial charge in [0, 0.05) is 59.9 Å².